The van der Waals surface area contributed by atoms with Gasteiger partial charge in [0.2, 0.25) is 10.0 Å². The number of halogens is 2. The summed E-state index contributed by atoms with van der Waals surface area (Å²) in [5, 5.41) is 17.4. The quantitative estimate of drug-likeness (QED) is 0.674. The summed E-state index contributed by atoms with van der Waals surface area (Å²) in [5.41, 5.74) is 0. The Labute approximate surface area is 118 Å². The Kier molecular flexibility index (Phi) is 5.10. The van der Waals surface area contributed by atoms with Crippen LogP contribution in [0.1, 0.15) is 0 Å². The van der Waals surface area contributed by atoms with E-state index in [-0.39, 0.29) is 4.90 Å². The second-order valence-corrected chi connectivity index (χ2v) is 8.31. The molecule has 0 bridgehead atoms. The first-order valence-corrected chi connectivity index (χ1v) is 7.97. The minimum atomic E-state index is -3.98. The normalized spacial score (nSPS) is 13.6. The van der Waals surface area contributed by atoms with Gasteiger partial charge in [0.05, 0.1) is 14.2 Å². The van der Waals surface area contributed by atoms with Gasteiger partial charge in [0.15, 0.2) is 0 Å². The smallest absolute Gasteiger partial charge is 0.324 e. The summed E-state index contributed by atoms with van der Waals surface area (Å²) in [7, 11) is -3.98. The summed E-state index contributed by atoms with van der Waals surface area (Å²) in [4.78, 5) is 10.5. The first-order chi connectivity index (χ1) is 7.77. The highest BCUT2D eigenvalue weighted by molar-refractivity contribution is 9.12. The number of aliphatic hydroxyl groups excluding tert-OH is 1. The zero-order valence-electron chi connectivity index (χ0n) is 8.05. The molecule has 1 aromatic rings. The molecule has 96 valence electrons. The van der Waals surface area contributed by atoms with Gasteiger partial charge in [-0.15, -0.1) is 11.3 Å². The fourth-order valence-electron chi connectivity index (χ4n) is 0.925. The fraction of sp³-hybridized carbons (Fsp3) is 0.286. The van der Waals surface area contributed by atoms with Crippen LogP contribution in [0.15, 0.2) is 18.5 Å². The van der Waals surface area contributed by atoms with Crippen LogP contribution in [-0.2, 0) is 14.8 Å². The number of aliphatic hydroxyl groups is 1. The van der Waals surface area contributed by atoms with Gasteiger partial charge in [-0.3, -0.25) is 4.79 Å². The van der Waals surface area contributed by atoms with Crippen LogP contribution in [0.25, 0.3) is 0 Å². The van der Waals surface area contributed by atoms with E-state index in [1.165, 1.54) is 6.07 Å². The van der Waals surface area contributed by atoms with Gasteiger partial charge in [0.25, 0.3) is 0 Å². The van der Waals surface area contributed by atoms with Crippen LogP contribution < -0.4 is 4.72 Å². The standard InChI is InChI=1S/C7H7Br2NO5S2/c8-5-1-4(6(9)16-5)17(14,15)10-3(2-11)7(12)13/h1,3,10-11H,2H2,(H,12,13). The van der Waals surface area contributed by atoms with Crippen molar-refractivity contribution in [3.05, 3.63) is 13.6 Å². The molecule has 17 heavy (non-hydrogen) atoms. The van der Waals surface area contributed by atoms with E-state index in [4.69, 9.17) is 10.2 Å². The van der Waals surface area contributed by atoms with Crippen molar-refractivity contribution in [1.82, 2.24) is 4.72 Å². The maximum absolute atomic E-state index is 11.8. The third-order valence-corrected chi connectivity index (χ3v) is 5.92. The summed E-state index contributed by atoms with van der Waals surface area (Å²) >= 11 is 7.32. The van der Waals surface area contributed by atoms with Gasteiger partial charge in [-0.25, -0.2) is 8.42 Å². The molecular formula is C7H7Br2NO5S2. The molecule has 0 fully saturated rings. The lowest BCUT2D eigenvalue weighted by Crippen LogP contribution is -2.43. The van der Waals surface area contributed by atoms with Crippen LogP contribution in [0.4, 0.5) is 0 Å². The summed E-state index contributed by atoms with van der Waals surface area (Å²) in [6, 6.07) is -0.224. The van der Waals surface area contributed by atoms with E-state index < -0.39 is 28.6 Å². The molecule has 0 aliphatic rings. The zero-order chi connectivity index (χ0) is 13.2. The van der Waals surface area contributed by atoms with Crippen molar-refractivity contribution >= 4 is 59.2 Å². The topological polar surface area (TPSA) is 104 Å². The maximum Gasteiger partial charge on any atom is 0.324 e. The zero-order valence-corrected chi connectivity index (χ0v) is 12.9. The molecule has 10 heteroatoms. The van der Waals surface area contributed by atoms with Crippen LogP contribution in [0.5, 0.6) is 0 Å². The molecule has 0 saturated carbocycles. The molecular weight excluding hydrogens is 402 g/mol. The highest BCUT2D eigenvalue weighted by atomic mass is 79.9. The van der Waals surface area contributed by atoms with Crippen molar-refractivity contribution in [3.63, 3.8) is 0 Å². The Hall–Kier alpha value is -0.000000000000000333. The summed E-state index contributed by atoms with van der Waals surface area (Å²) in [5.74, 6) is -1.44. The average Bonchev–Trinajstić information content (AvgIpc) is 2.54. The third-order valence-electron chi connectivity index (χ3n) is 1.69. The maximum atomic E-state index is 11.8. The number of rotatable bonds is 5. The average molecular weight is 409 g/mol. The number of nitrogens with one attached hydrogen (secondary N) is 1. The molecule has 0 saturated heterocycles. The lowest BCUT2D eigenvalue weighted by Gasteiger charge is -2.11. The number of hydrogen-bond acceptors (Lipinski definition) is 5. The predicted octanol–water partition coefficient (Wildman–Crippen LogP) is 0.997. The van der Waals surface area contributed by atoms with Crippen molar-refractivity contribution in [2.45, 2.75) is 10.9 Å². The molecule has 1 unspecified atom stereocenters. The van der Waals surface area contributed by atoms with E-state index in [0.717, 1.165) is 11.3 Å². The van der Waals surface area contributed by atoms with Crippen LogP contribution >= 0.6 is 43.2 Å². The van der Waals surface area contributed by atoms with E-state index in [1.807, 2.05) is 4.72 Å². The van der Waals surface area contributed by atoms with Gasteiger partial charge in [0.1, 0.15) is 10.9 Å². The molecule has 0 radical (unpaired) electrons. The Bertz CT molecular complexity index is 526. The first-order valence-electron chi connectivity index (χ1n) is 4.08. The van der Waals surface area contributed by atoms with Crippen molar-refractivity contribution in [3.8, 4) is 0 Å². The second kappa shape index (κ2) is 5.76. The number of carboxylic acid groups (broad SMARTS) is 1. The van der Waals surface area contributed by atoms with Gasteiger partial charge >= 0.3 is 5.97 Å². The Morgan fingerprint density at radius 2 is 2.12 bits per heavy atom. The summed E-state index contributed by atoms with van der Waals surface area (Å²) < 4.78 is 26.4. The Balaban J connectivity index is 3.04. The van der Waals surface area contributed by atoms with Gasteiger partial charge in [-0.1, -0.05) is 0 Å². The third kappa shape index (κ3) is 3.73. The monoisotopic (exact) mass is 407 g/mol. The lowest BCUT2D eigenvalue weighted by atomic mass is 10.3. The highest BCUT2D eigenvalue weighted by Crippen LogP contribution is 2.34. The molecule has 0 amide bonds. The Morgan fingerprint density at radius 3 is 2.47 bits per heavy atom. The van der Waals surface area contributed by atoms with Gasteiger partial charge < -0.3 is 10.2 Å². The molecule has 6 nitrogen and oxygen atoms in total. The van der Waals surface area contributed by atoms with E-state index >= 15 is 0 Å². The van der Waals surface area contributed by atoms with Gasteiger partial charge in [0, 0.05) is 0 Å². The van der Waals surface area contributed by atoms with E-state index in [0.29, 0.717) is 7.57 Å². The minimum absolute atomic E-state index is 0.0749. The number of thiophene rings is 1. The van der Waals surface area contributed by atoms with Gasteiger partial charge in [-0.2, -0.15) is 4.72 Å². The first kappa shape index (κ1) is 15.1. The molecule has 1 heterocycles. The molecule has 0 spiro atoms. The molecule has 0 aromatic carbocycles. The predicted molar refractivity (Wildman–Crippen MR) is 68.6 cm³/mol. The molecule has 3 N–H and O–H groups in total. The minimum Gasteiger partial charge on any atom is -0.480 e. The van der Waals surface area contributed by atoms with Crippen LogP contribution in [0, 0.1) is 0 Å². The molecule has 1 atom stereocenters. The number of carbonyl (C=O) groups is 1. The SMILES string of the molecule is O=C(O)C(CO)NS(=O)(=O)c1cc(Br)sc1Br. The number of sulfonamides is 1. The molecule has 0 aliphatic carbocycles. The van der Waals surface area contributed by atoms with Crippen molar-refractivity contribution < 1.29 is 23.4 Å². The van der Waals surface area contributed by atoms with Gasteiger partial charge in [-0.05, 0) is 37.9 Å². The highest BCUT2D eigenvalue weighted by Gasteiger charge is 2.27. The molecule has 1 rings (SSSR count). The Morgan fingerprint density at radius 1 is 1.53 bits per heavy atom. The second-order valence-electron chi connectivity index (χ2n) is 2.88. The van der Waals surface area contributed by atoms with Crippen molar-refractivity contribution in [1.29, 1.82) is 0 Å². The molecule has 0 aliphatic heterocycles. The summed E-state index contributed by atoms with van der Waals surface area (Å²) in [6.07, 6.45) is 0. The van der Waals surface area contributed by atoms with Crippen LogP contribution in [0.2, 0.25) is 0 Å². The molecule has 1 aromatic heterocycles. The number of hydrogen-bond donors (Lipinski definition) is 3. The largest absolute Gasteiger partial charge is 0.480 e. The lowest BCUT2D eigenvalue weighted by molar-refractivity contribution is -0.139. The van der Waals surface area contributed by atoms with Crippen LogP contribution in [0.3, 0.4) is 0 Å². The van der Waals surface area contributed by atoms with Crippen molar-refractivity contribution in [2.75, 3.05) is 6.61 Å². The van der Waals surface area contributed by atoms with Crippen LogP contribution in [-0.4, -0.2) is 37.2 Å². The number of aliphatic carboxylic acids is 1. The van der Waals surface area contributed by atoms with E-state index in [1.54, 1.807) is 0 Å². The van der Waals surface area contributed by atoms with Crippen molar-refractivity contribution in [2.24, 2.45) is 0 Å². The number of carboxylic acids is 1. The van der Waals surface area contributed by atoms with E-state index in [9.17, 15) is 13.2 Å². The summed E-state index contributed by atoms with van der Waals surface area (Å²) in [6.45, 7) is -0.822. The fourth-order valence-corrected chi connectivity index (χ4v) is 5.92. The van der Waals surface area contributed by atoms with E-state index in [2.05, 4.69) is 31.9 Å².